The molecule has 0 radical (unpaired) electrons. The van der Waals surface area contributed by atoms with Crippen LogP contribution in [0.3, 0.4) is 0 Å². The van der Waals surface area contributed by atoms with Crippen LogP contribution in [0, 0.1) is 0 Å². The molecule has 0 aliphatic heterocycles. The Morgan fingerprint density at radius 2 is 1.80 bits per heavy atom. The minimum Gasteiger partial charge on any atom is -0.548 e. The number of hydrogen-bond acceptors (Lipinski definition) is 4. The van der Waals surface area contributed by atoms with Gasteiger partial charge < -0.3 is 20.0 Å². The van der Waals surface area contributed by atoms with E-state index in [-0.39, 0.29) is 12.0 Å². The highest BCUT2D eigenvalue weighted by Gasteiger charge is 2.14. The Hall–Kier alpha value is -2.04. The average molecular weight is 278 g/mol. The van der Waals surface area contributed by atoms with E-state index in [0.29, 0.717) is 5.75 Å². The van der Waals surface area contributed by atoms with Crippen LogP contribution in [0.25, 0.3) is 0 Å². The van der Waals surface area contributed by atoms with Gasteiger partial charge in [-0.05, 0) is 44.9 Å². The number of rotatable bonds is 5. The van der Waals surface area contributed by atoms with E-state index in [2.05, 4.69) is 5.32 Å². The van der Waals surface area contributed by atoms with Crippen molar-refractivity contribution in [3.8, 4) is 5.75 Å². The van der Waals surface area contributed by atoms with Crippen molar-refractivity contribution in [3.63, 3.8) is 0 Å². The van der Waals surface area contributed by atoms with Crippen LogP contribution in [0.2, 0.25) is 0 Å². The van der Waals surface area contributed by atoms with Crippen LogP contribution in [0.1, 0.15) is 33.3 Å². The molecule has 0 aromatic heterocycles. The molecule has 1 amide bonds. The summed E-state index contributed by atoms with van der Waals surface area (Å²) in [7, 11) is 0. The number of amides is 1. The smallest absolute Gasteiger partial charge is 0.217 e. The number of carbonyl (C=O) groups excluding carboxylic acids is 2. The van der Waals surface area contributed by atoms with Gasteiger partial charge in [0.15, 0.2) is 0 Å². The summed E-state index contributed by atoms with van der Waals surface area (Å²) in [5, 5.41) is 13.3. The standard InChI is InChI=1S/C15H21NO4/c1-10(17)16-13(14(18)19)9-11-5-7-12(8-6-11)20-15(2,3)4/h5-8,13H,9H2,1-4H3,(H,16,17)(H,18,19)/p-1/t13-/m0/s1. The fourth-order valence-electron chi connectivity index (χ4n) is 1.72. The molecule has 1 aromatic carbocycles. The Morgan fingerprint density at radius 3 is 2.20 bits per heavy atom. The quantitative estimate of drug-likeness (QED) is 0.858. The van der Waals surface area contributed by atoms with Crippen LogP contribution in [-0.2, 0) is 16.0 Å². The maximum absolute atomic E-state index is 10.9. The second-order valence-electron chi connectivity index (χ2n) is 5.63. The maximum atomic E-state index is 10.9. The topological polar surface area (TPSA) is 78.5 Å². The van der Waals surface area contributed by atoms with Crippen molar-refractivity contribution in [2.75, 3.05) is 0 Å². The molecule has 1 atom stereocenters. The summed E-state index contributed by atoms with van der Waals surface area (Å²) in [6, 6.07) is 6.08. The van der Waals surface area contributed by atoms with E-state index in [1.54, 1.807) is 24.3 Å². The predicted octanol–water partition coefficient (Wildman–Crippen LogP) is 0.661. The lowest BCUT2D eigenvalue weighted by Gasteiger charge is -2.22. The molecular formula is C15H20NO4-. The van der Waals surface area contributed by atoms with Crippen molar-refractivity contribution in [1.82, 2.24) is 5.32 Å². The summed E-state index contributed by atoms with van der Waals surface area (Å²) in [4.78, 5) is 21.9. The average Bonchev–Trinajstić information content (AvgIpc) is 2.28. The number of aliphatic carboxylic acids is 1. The first-order valence-corrected chi connectivity index (χ1v) is 6.43. The van der Waals surface area contributed by atoms with Crippen molar-refractivity contribution < 1.29 is 19.4 Å². The Kier molecular flexibility index (Phi) is 5.13. The third-order valence-corrected chi connectivity index (χ3v) is 2.45. The predicted molar refractivity (Wildman–Crippen MR) is 73.1 cm³/mol. The number of carbonyl (C=O) groups is 2. The summed E-state index contributed by atoms with van der Waals surface area (Å²) < 4.78 is 5.68. The highest BCUT2D eigenvalue weighted by atomic mass is 16.5. The summed E-state index contributed by atoms with van der Waals surface area (Å²) >= 11 is 0. The molecule has 1 aromatic rings. The fraction of sp³-hybridized carbons (Fsp3) is 0.467. The van der Waals surface area contributed by atoms with Crippen LogP contribution < -0.4 is 15.2 Å². The first kappa shape index (κ1) is 16.0. The first-order valence-electron chi connectivity index (χ1n) is 6.43. The highest BCUT2D eigenvalue weighted by molar-refractivity contribution is 5.81. The molecule has 5 heteroatoms. The first-order chi connectivity index (χ1) is 9.17. The fourth-order valence-corrected chi connectivity index (χ4v) is 1.72. The largest absolute Gasteiger partial charge is 0.548 e. The number of benzene rings is 1. The minimum absolute atomic E-state index is 0.178. The molecule has 0 fully saturated rings. The third kappa shape index (κ3) is 5.73. The Labute approximate surface area is 118 Å². The van der Waals surface area contributed by atoms with Gasteiger partial charge in [0.05, 0.1) is 12.0 Å². The lowest BCUT2D eigenvalue weighted by Crippen LogP contribution is -2.48. The Bertz CT molecular complexity index is 474. The van der Waals surface area contributed by atoms with Crippen LogP contribution in [0.5, 0.6) is 5.75 Å². The zero-order valence-electron chi connectivity index (χ0n) is 12.2. The normalized spacial score (nSPS) is 12.6. The summed E-state index contributed by atoms with van der Waals surface area (Å²) in [5.74, 6) is -0.979. The lowest BCUT2D eigenvalue weighted by atomic mass is 10.1. The van der Waals surface area contributed by atoms with E-state index in [1.807, 2.05) is 20.8 Å². The number of nitrogens with one attached hydrogen (secondary N) is 1. The van der Waals surface area contributed by atoms with Gasteiger partial charge in [-0.3, -0.25) is 4.79 Å². The zero-order valence-corrected chi connectivity index (χ0v) is 12.2. The van der Waals surface area contributed by atoms with Crippen molar-refractivity contribution in [3.05, 3.63) is 29.8 Å². The summed E-state index contributed by atoms with van der Waals surface area (Å²) in [5.41, 5.74) is 0.500. The minimum atomic E-state index is -1.30. The molecule has 1 rings (SSSR count). The second kappa shape index (κ2) is 6.41. The molecular weight excluding hydrogens is 258 g/mol. The zero-order chi connectivity index (χ0) is 15.3. The van der Waals surface area contributed by atoms with Crippen molar-refractivity contribution in [2.24, 2.45) is 0 Å². The van der Waals surface area contributed by atoms with Gasteiger partial charge in [0.25, 0.3) is 0 Å². The summed E-state index contributed by atoms with van der Waals surface area (Å²) in [6.45, 7) is 7.12. The molecule has 1 N–H and O–H groups in total. The van der Waals surface area contributed by atoms with Crippen LogP contribution in [0.15, 0.2) is 24.3 Å². The van der Waals surface area contributed by atoms with Crippen LogP contribution >= 0.6 is 0 Å². The molecule has 0 aliphatic rings. The molecule has 0 aliphatic carbocycles. The van der Waals surface area contributed by atoms with E-state index in [9.17, 15) is 14.7 Å². The highest BCUT2D eigenvalue weighted by Crippen LogP contribution is 2.19. The molecule has 20 heavy (non-hydrogen) atoms. The van der Waals surface area contributed by atoms with Gasteiger partial charge in [0.2, 0.25) is 5.91 Å². The molecule has 0 heterocycles. The van der Waals surface area contributed by atoms with E-state index >= 15 is 0 Å². The number of hydrogen-bond donors (Lipinski definition) is 1. The number of ether oxygens (including phenoxy) is 1. The Balaban J connectivity index is 2.72. The molecule has 5 nitrogen and oxygen atoms in total. The maximum Gasteiger partial charge on any atom is 0.217 e. The van der Waals surface area contributed by atoms with E-state index in [1.165, 1.54) is 6.92 Å². The van der Waals surface area contributed by atoms with E-state index in [0.717, 1.165) is 5.56 Å². The van der Waals surface area contributed by atoms with Gasteiger partial charge in [-0.1, -0.05) is 12.1 Å². The molecule has 110 valence electrons. The lowest BCUT2D eigenvalue weighted by molar-refractivity contribution is -0.308. The molecule has 0 spiro atoms. The van der Waals surface area contributed by atoms with Gasteiger partial charge in [-0.15, -0.1) is 0 Å². The van der Waals surface area contributed by atoms with Crippen molar-refractivity contribution >= 4 is 11.9 Å². The van der Waals surface area contributed by atoms with E-state index in [4.69, 9.17) is 4.74 Å². The van der Waals surface area contributed by atoms with Crippen LogP contribution in [-0.4, -0.2) is 23.5 Å². The van der Waals surface area contributed by atoms with Crippen LogP contribution in [0.4, 0.5) is 0 Å². The van der Waals surface area contributed by atoms with Gasteiger partial charge in [-0.2, -0.15) is 0 Å². The SMILES string of the molecule is CC(=O)N[C@@H](Cc1ccc(OC(C)(C)C)cc1)C(=O)[O-]. The van der Waals surface area contributed by atoms with Gasteiger partial charge >= 0.3 is 0 Å². The number of carboxylic acid groups (broad SMARTS) is 1. The van der Waals surface area contributed by atoms with Gasteiger partial charge in [0.1, 0.15) is 11.4 Å². The van der Waals surface area contributed by atoms with Crippen molar-refractivity contribution in [2.45, 2.75) is 45.8 Å². The second-order valence-corrected chi connectivity index (χ2v) is 5.63. The Morgan fingerprint density at radius 1 is 1.25 bits per heavy atom. The van der Waals surface area contributed by atoms with Crippen molar-refractivity contribution in [1.29, 1.82) is 0 Å². The monoisotopic (exact) mass is 278 g/mol. The summed E-state index contributed by atoms with van der Waals surface area (Å²) in [6.07, 6.45) is 0.178. The number of carboxylic acids is 1. The van der Waals surface area contributed by atoms with Gasteiger partial charge in [-0.25, -0.2) is 0 Å². The molecule has 0 saturated heterocycles. The molecule has 0 unspecified atom stereocenters. The third-order valence-electron chi connectivity index (χ3n) is 2.45. The molecule has 0 saturated carbocycles. The molecule has 0 bridgehead atoms. The van der Waals surface area contributed by atoms with E-state index < -0.39 is 17.9 Å². The van der Waals surface area contributed by atoms with Gasteiger partial charge in [0, 0.05) is 6.92 Å².